The summed E-state index contributed by atoms with van der Waals surface area (Å²) in [6.45, 7) is 0. The molecule has 0 saturated carbocycles. The van der Waals surface area contributed by atoms with Crippen LogP contribution in [-0.2, 0) is 11.2 Å². The van der Waals surface area contributed by atoms with Gasteiger partial charge in [-0.25, -0.2) is 14.8 Å². The minimum absolute atomic E-state index is 0.105. The number of hydrogen-bond acceptors (Lipinski definition) is 6. The van der Waals surface area contributed by atoms with Gasteiger partial charge < -0.3 is 25.7 Å². The Morgan fingerprint density at radius 3 is 2.58 bits per heavy atom. The van der Waals surface area contributed by atoms with Crippen molar-refractivity contribution in [3.8, 4) is 28.6 Å². The number of carbonyl (C=O) groups excluding carboxylic acids is 1. The van der Waals surface area contributed by atoms with Crippen molar-refractivity contribution in [3.63, 3.8) is 0 Å². The van der Waals surface area contributed by atoms with Gasteiger partial charge in [0.15, 0.2) is 0 Å². The summed E-state index contributed by atoms with van der Waals surface area (Å²) in [7, 11) is 0. The Kier molecular flexibility index (Phi) is 4.67. The van der Waals surface area contributed by atoms with E-state index >= 15 is 0 Å². The van der Waals surface area contributed by atoms with Gasteiger partial charge in [-0.1, -0.05) is 0 Å². The number of hydrogen-bond donors (Lipinski definition) is 4. The number of fused-ring (bicyclic) bond motifs is 2. The first kappa shape index (κ1) is 20.1. The molecule has 5 rings (SSSR count). The van der Waals surface area contributed by atoms with Gasteiger partial charge in [0.1, 0.15) is 23.5 Å². The zero-order valence-electron chi connectivity index (χ0n) is 17.0. The van der Waals surface area contributed by atoms with Crippen LogP contribution < -0.4 is 10.5 Å². The first-order valence-electron chi connectivity index (χ1n) is 9.85. The third kappa shape index (κ3) is 3.69. The molecule has 0 atom stereocenters. The quantitative estimate of drug-likeness (QED) is 0.323. The van der Waals surface area contributed by atoms with Crippen molar-refractivity contribution in [3.05, 3.63) is 66.6 Å². The number of primary amides is 1. The monoisotopic (exact) mass is 443 g/mol. The fourth-order valence-electron chi connectivity index (χ4n) is 3.73. The summed E-state index contributed by atoms with van der Waals surface area (Å²) in [6, 6.07) is 13.4. The van der Waals surface area contributed by atoms with Gasteiger partial charge in [-0.05, 0) is 59.7 Å². The van der Waals surface area contributed by atoms with Gasteiger partial charge in [0.2, 0.25) is 11.8 Å². The number of amides is 1. The Morgan fingerprint density at radius 2 is 1.85 bits per heavy atom. The first-order valence-corrected chi connectivity index (χ1v) is 9.85. The van der Waals surface area contributed by atoms with E-state index in [0.29, 0.717) is 39.1 Å². The van der Waals surface area contributed by atoms with E-state index in [1.165, 1.54) is 12.5 Å². The second-order valence-corrected chi connectivity index (χ2v) is 7.40. The maximum atomic E-state index is 11.6. The van der Waals surface area contributed by atoms with Gasteiger partial charge in [-0.2, -0.15) is 0 Å². The van der Waals surface area contributed by atoms with Crippen LogP contribution in [0.5, 0.6) is 17.4 Å². The zero-order chi connectivity index (χ0) is 23.1. The molecule has 10 nitrogen and oxygen atoms in total. The maximum Gasteiger partial charge on any atom is 0.416 e. The lowest BCUT2D eigenvalue weighted by molar-refractivity contribution is -0.117. The molecule has 5 N–H and O–H groups in total. The second kappa shape index (κ2) is 7.68. The number of aromatic nitrogens is 4. The lowest BCUT2D eigenvalue weighted by atomic mass is 10.1. The molecule has 0 aliphatic heterocycles. The number of nitrogens with two attached hydrogens (primary N) is 1. The summed E-state index contributed by atoms with van der Waals surface area (Å²) < 4.78 is 7.05. The van der Waals surface area contributed by atoms with Gasteiger partial charge in [-0.15, -0.1) is 0 Å². The summed E-state index contributed by atoms with van der Waals surface area (Å²) in [4.78, 5) is 34.7. The normalized spacial score (nSPS) is 11.2. The summed E-state index contributed by atoms with van der Waals surface area (Å²) in [5.74, 6) is 0.303. The van der Waals surface area contributed by atoms with Crippen LogP contribution in [0.2, 0.25) is 0 Å². The number of phenols is 1. The molecule has 10 heteroatoms. The van der Waals surface area contributed by atoms with Crippen LogP contribution in [0.3, 0.4) is 0 Å². The number of aromatic hydroxyl groups is 1. The van der Waals surface area contributed by atoms with Crippen LogP contribution in [0.1, 0.15) is 5.56 Å². The molecule has 0 fully saturated rings. The Labute approximate surface area is 185 Å². The topological polar surface area (TPSA) is 156 Å². The van der Waals surface area contributed by atoms with Crippen LogP contribution in [0.4, 0.5) is 4.79 Å². The standard InChI is InChI=1S/C23H17N5O5/c24-20(30)7-13-10-28(23(31)32)19-6-5-15(8-16(13)19)33-22-17-9-18(27-21(17)25-11-26-22)12-1-3-14(29)4-2-12/h1-6,8-11,29H,7H2,(H2,24,30)(H,31,32)(H,25,26,27). The van der Waals surface area contributed by atoms with Crippen molar-refractivity contribution in [2.45, 2.75) is 6.42 Å². The van der Waals surface area contributed by atoms with E-state index in [-0.39, 0.29) is 12.2 Å². The molecule has 0 radical (unpaired) electrons. The molecule has 0 aliphatic carbocycles. The molecule has 0 aliphatic rings. The van der Waals surface area contributed by atoms with Crippen molar-refractivity contribution in [2.24, 2.45) is 5.73 Å². The molecule has 5 aromatic rings. The van der Waals surface area contributed by atoms with Crippen molar-refractivity contribution in [1.82, 2.24) is 19.5 Å². The summed E-state index contributed by atoms with van der Waals surface area (Å²) in [6.07, 6.45) is 1.47. The van der Waals surface area contributed by atoms with Gasteiger partial charge in [0, 0.05) is 17.3 Å². The lowest BCUT2D eigenvalue weighted by Crippen LogP contribution is -2.13. The highest BCUT2D eigenvalue weighted by atomic mass is 16.5. The highest BCUT2D eigenvalue weighted by Gasteiger charge is 2.17. The van der Waals surface area contributed by atoms with Gasteiger partial charge in [0.05, 0.1) is 17.3 Å². The number of nitrogens with one attached hydrogen (secondary N) is 1. The molecule has 3 heterocycles. The number of ether oxygens (including phenoxy) is 1. The minimum Gasteiger partial charge on any atom is -0.508 e. The molecule has 0 spiro atoms. The van der Waals surface area contributed by atoms with E-state index < -0.39 is 12.0 Å². The van der Waals surface area contributed by atoms with Crippen LogP contribution in [0.15, 0.2) is 61.1 Å². The number of nitrogens with zero attached hydrogens (tertiary/aromatic N) is 3. The van der Waals surface area contributed by atoms with Crippen molar-refractivity contribution < 1.29 is 24.5 Å². The van der Waals surface area contributed by atoms with E-state index in [4.69, 9.17) is 10.5 Å². The maximum absolute atomic E-state index is 11.6. The highest BCUT2D eigenvalue weighted by molar-refractivity contribution is 5.95. The number of benzene rings is 2. The van der Waals surface area contributed by atoms with E-state index in [2.05, 4.69) is 15.0 Å². The van der Waals surface area contributed by atoms with Crippen molar-refractivity contribution in [1.29, 1.82) is 0 Å². The molecule has 1 amide bonds. The van der Waals surface area contributed by atoms with Gasteiger partial charge in [0.25, 0.3) is 0 Å². The predicted octanol–water partition coefficient (Wildman–Crippen LogP) is 3.63. The number of carboxylic acid groups (broad SMARTS) is 1. The Morgan fingerprint density at radius 1 is 1.06 bits per heavy atom. The Balaban J connectivity index is 1.55. The lowest BCUT2D eigenvalue weighted by Gasteiger charge is -2.06. The SMILES string of the molecule is NC(=O)Cc1cn(C(=O)O)c2ccc(Oc3ncnc4[nH]c(-c5ccc(O)cc5)cc34)cc12. The first-order chi connectivity index (χ1) is 15.9. The van der Waals surface area contributed by atoms with E-state index in [9.17, 15) is 19.8 Å². The average Bonchev–Trinajstić information content (AvgIpc) is 3.37. The van der Waals surface area contributed by atoms with Gasteiger partial charge >= 0.3 is 6.09 Å². The van der Waals surface area contributed by atoms with E-state index in [0.717, 1.165) is 15.8 Å². The summed E-state index contributed by atoms with van der Waals surface area (Å²) in [5.41, 5.74) is 8.40. The average molecular weight is 443 g/mol. The fraction of sp³-hybridized carbons (Fsp3) is 0.0435. The number of H-pyrrole nitrogens is 1. The van der Waals surface area contributed by atoms with Crippen LogP contribution in [0, 0.1) is 0 Å². The molecule has 0 unspecified atom stereocenters. The zero-order valence-corrected chi connectivity index (χ0v) is 17.0. The molecule has 164 valence electrons. The predicted molar refractivity (Wildman–Crippen MR) is 119 cm³/mol. The molecule has 3 aromatic heterocycles. The number of phenolic OH excluding ortho intramolecular Hbond substituents is 1. The molecular weight excluding hydrogens is 426 g/mol. The third-order valence-electron chi connectivity index (χ3n) is 5.21. The largest absolute Gasteiger partial charge is 0.508 e. The Hall–Kier alpha value is -4.86. The van der Waals surface area contributed by atoms with E-state index in [1.807, 2.05) is 6.07 Å². The highest BCUT2D eigenvalue weighted by Crippen LogP contribution is 2.33. The number of aromatic amines is 1. The number of rotatable bonds is 5. The molecule has 33 heavy (non-hydrogen) atoms. The molecule has 0 bridgehead atoms. The minimum atomic E-state index is -1.17. The van der Waals surface area contributed by atoms with Crippen molar-refractivity contribution in [2.75, 3.05) is 0 Å². The third-order valence-corrected chi connectivity index (χ3v) is 5.21. The van der Waals surface area contributed by atoms with Crippen LogP contribution in [0.25, 0.3) is 33.2 Å². The molecule has 0 saturated heterocycles. The second-order valence-electron chi connectivity index (χ2n) is 7.40. The van der Waals surface area contributed by atoms with E-state index in [1.54, 1.807) is 42.5 Å². The molecular formula is C23H17N5O5. The van der Waals surface area contributed by atoms with Crippen molar-refractivity contribution >= 4 is 33.9 Å². The smallest absolute Gasteiger partial charge is 0.416 e. The molecule has 2 aromatic carbocycles. The van der Waals surface area contributed by atoms with Crippen LogP contribution >= 0.6 is 0 Å². The van der Waals surface area contributed by atoms with Crippen LogP contribution in [-0.4, -0.2) is 41.7 Å². The van der Waals surface area contributed by atoms with Gasteiger partial charge in [-0.3, -0.25) is 9.36 Å². The Bertz CT molecular complexity index is 1530. The number of carbonyl (C=O) groups is 2. The summed E-state index contributed by atoms with van der Waals surface area (Å²) in [5, 5.41) is 20.1. The fourth-order valence-corrected chi connectivity index (χ4v) is 3.73. The summed E-state index contributed by atoms with van der Waals surface area (Å²) >= 11 is 0.